The van der Waals surface area contributed by atoms with Crippen molar-refractivity contribution in [2.45, 2.75) is 13.1 Å². The van der Waals surface area contributed by atoms with E-state index in [9.17, 15) is 5.11 Å². The average molecular weight is 267 g/mol. The van der Waals surface area contributed by atoms with E-state index in [1.165, 1.54) is 0 Å². The van der Waals surface area contributed by atoms with Gasteiger partial charge >= 0.3 is 0 Å². The van der Waals surface area contributed by atoms with Gasteiger partial charge in [0.15, 0.2) is 0 Å². The van der Waals surface area contributed by atoms with Crippen LogP contribution in [-0.4, -0.2) is 11.7 Å². The molecule has 0 aliphatic rings. The lowest BCUT2D eigenvalue weighted by molar-refractivity contribution is 0.365. The van der Waals surface area contributed by atoms with Gasteiger partial charge in [-0.25, -0.2) is 0 Å². The van der Waals surface area contributed by atoms with E-state index in [-0.39, 0.29) is 12.4 Å². The third kappa shape index (κ3) is 4.04. The summed E-state index contributed by atoms with van der Waals surface area (Å²) in [5.74, 6) is 3.55. The number of para-hydroxylation sites is 1. The highest BCUT2D eigenvalue weighted by atomic mass is 16.5. The number of phenolic OH excluding ortho intramolecular Hbond substituents is 1. The molecule has 2 N–H and O–H groups in total. The Morgan fingerprint density at radius 1 is 1.05 bits per heavy atom. The standard InChI is InChI=1S/C17H17NO2/c1-2-11-20-17-6-4-3-5-15(17)13-18-12-14-7-9-16(19)10-8-14/h1,3-10,18-19H,11-13H2. The number of aromatic hydroxyl groups is 1. The van der Waals surface area contributed by atoms with Crippen LogP contribution in [0, 0.1) is 12.3 Å². The number of hydrogen-bond donors (Lipinski definition) is 2. The Labute approximate surface area is 119 Å². The Morgan fingerprint density at radius 2 is 1.80 bits per heavy atom. The molecule has 0 heterocycles. The van der Waals surface area contributed by atoms with Gasteiger partial charge in [0.25, 0.3) is 0 Å². The zero-order chi connectivity index (χ0) is 14.2. The van der Waals surface area contributed by atoms with Gasteiger partial charge in [0.2, 0.25) is 0 Å². The molecule has 0 aliphatic heterocycles. The fraction of sp³-hybridized carbons (Fsp3) is 0.176. The van der Waals surface area contributed by atoms with Crippen LogP contribution in [0.3, 0.4) is 0 Å². The molecule has 0 amide bonds. The second-order valence-corrected chi connectivity index (χ2v) is 4.37. The smallest absolute Gasteiger partial charge is 0.148 e. The third-order valence-electron chi connectivity index (χ3n) is 2.86. The minimum atomic E-state index is 0.273. The summed E-state index contributed by atoms with van der Waals surface area (Å²) in [6.07, 6.45) is 5.20. The SMILES string of the molecule is C#CCOc1ccccc1CNCc1ccc(O)cc1. The Bertz CT molecular complexity index is 585. The van der Waals surface area contributed by atoms with Gasteiger partial charge in [-0.3, -0.25) is 0 Å². The lowest BCUT2D eigenvalue weighted by Crippen LogP contribution is -2.13. The van der Waals surface area contributed by atoms with Gasteiger partial charge in [-0.1, -0.05) is 36.3 Å². The predicted molar refractivity (Wildman–Crippen MR) is 79.4 cm³/mol. The first-order chi connectivity index (χ1) is 9.79. The van der Waals surface area contributed by atoms with Crippen LogP contribution in [0.1, 0.15) is 11.1 Å². The summed E-state index contributed by atoms with van der Waals surface area (Å²) >= 11 is 0. The number of benzene rings is 2. The van der Waals surface area contributed by atoms with E-state index in [4.69, 9.17) is 11.2 Å². The van der Waals surface area contributed by atoms with Crippen LogP contribution in [0.25, 0.3) is 0 Å². The molecule has 0 bridgehead atoms. The number of ether oxygens (including phenoxy) is 1. The maximum absolute atomic E-state index is 9.23. The van der Waals surface area contributed by atoms with Crippen molar-refractivity contribution in [1.82, 2.24) is 5.32 Å². The van der Waals surface area contributed by atoms with E-state index in [0.29, 0.717) is 6.54 Å². The lowest BCUT2D eigenvalue weighted by Gasteiger charge is -2.10. The van der Waals surface area contributed by atoms with Crippen LogP contribution >= 0.6 is 0 Å². The quantitative estimate of drug-likeness (QED) is 0.791. The molecule has 0 aliphatic carbocycles. The molecular weight excluding hydrogens is 250 g/mol. The summed E-state index contributed by atoms with van der Waals surface area (Å²) in [7, 11) is 0. The topological polar surface area (TPSA) is 41.5 Å². The zero-order valence-electron chi connectivity index (χ0n) is 11.2. The van der Waals surface area contributed by atoms with Gasteiger partial charge in [-0.15, -0.1) is 6.42 Å². The predicted octanol–water partition coefficient (Wildman–Crippen LogP) is 2.69. The summed E-state index contributed by atoms with van der Waals surface area (Å²) in [5.41, 5.74) is 2.19. The second kappa shape index (κ2) is 7.22. The van der Waals surface area contributed by atoms with Gasteiger partial charge in [-0.2, -0.15) is 0 Å². The maximum atomic E-state index is 9.23. The van der Waals surface area contributed by atoms with E-state index >= 15 is 0 Å². The summed E-state index contributed by atoms with van der Waals surface area (Å²) in [4.78, 5) is 0. The lowest BCUT2D eigenvalue weighted by atomic mass is 10.2. The molecule has 2 aromatic carbocycles. The van der Waals surface area contributed by atoms with Crippen molar-refractivity contribution < 1.29 is 9.84 Å². The van der Waals surface area contributed by atoms with Crippen LogP contribution < -0.4 is 10.1 Å². The molecule has 102 valence electrons. The van der Waals surface area contributed by atoms with E-state index < -0.39 is 0 Å². The molecule has 0 fully saturated rings. The van der Waals surface area contributed by atoms with Crippen LogP contribution in [0.15, 0.2) is 48.5 Å². The van der Waals surface area contributed by atoms with Crippen molar-refractivity contribution in [3.05, 3.63) is 59.7 Å². The van der Waals surface area contributed by atoms with Crippen molar-refractivity contribution in [1.29, 1.82) is 0 Å². The number of terminal acetylenes is 1. The van der Waals surface area contributed by atoms with Crippen molar-refractivity contribution in [3.63, 3.8) is 0 Å². The van der Waals surface area contributed by atoms with Crippen molar-refractivity contribution >= 4 is 0 Å². The minimum absolute atomic E-state index is 0.273. The maximum Gasteiger partial charge on any atom is 0.148 e. The molecule has 2 aromatic rings. The number of rotatable bonds is 6. The molecule has 0 saturated heterocycles. The molecule has 2 rings (SSSR count). The molecule has 0 spiro atoms. The van der Waals surface area contributed by atoms with E-state index in [2.05, 4.69) is 11.2 Å². The normalized spacial score (nSPS) is 9.95. The molecular formula is C17H17NO2. The second-order valence-electron chi connectivity index (χ2n) is 4.37. The molecule has 3 heteroatoms. The Morgan fingerprint density at radius 3 is 2.55 bits per heavy atom. The van der Waals surface area contributed by atoms with Crippen molar-refractivity contribution in [2.24, 2.45) is 0 Å². The zero-order valence-corrected chi connectivity index (χ0v) is 11.2. The number of phenols is 1. The van der Waals surface area contributed by atoms with Crippen LogP contribution in [0.4, 0.5) is 0 Å². The molecule has 0 aromatic heterocycles. The molecule has 20 heavy (non-hydrogen) atoms. The summed E-state index contributed by atoms with van der Waals surface area (Å²) in [5, 5.41) is 12.6. The molecule has 0 atom stereocenters. The van der Waals surface area contributed by atoms with Gasteiger partial charge in [-0.05, 0) is 23.8 Å². The van der Waals surface area contributed by atoms with Gasteiger partial charge in [0.05, 0.1) is 0 Å². The van der Waals surface area contributed by atoms with Gasteiger partial charge in [0.1, 0.15) is 18.1 Å². The molecule has 0 unspecified atom stereocenters. The third-order valence-corrected chi connectivity index (χ3v) is 2.86. The summed E-state index contributed by atoms with van der Waals surface area (Å²) < 4.78 is 5.50. The van der Waals surface area contributed by atoms with Crippen molar-refractivity contribution in [2.75, 3.05) is 6.61 Å². The van der Waals surface area contributed by atoms with Gasteiger partial charge in [0, 0.05) is 18.7 Å². The minimum Gasteiger partial charge on any atom is -0.508 e. The monoisotopic (exact) mass is 267 g/mol. The fourth-order valence-corrected chi connectivity index (χ4v) is 1.87. The Hall–Kier alpha value is -2.44. The van der Waals surface area contributed by atoms with Gasteiger partial charge < -0.3 is 15.2 Å². The molecule has 0 radical (unpaired) electrons. The highest BCUT2D eigenvalue weighted by Gasteiger charge is 2.02. The first kappa shape index (κ1) is 14.0. The first-order valence-electron chi connectivity index (χ1n) is 6.42. The highest BCUT2D eigenvalue weighted by Crippen LogP contribution is 2.17. The Balaban J connectivity index is 1.90. The highest BCUT2D eigenvalue weighted by molar-refractivity contribution is 5.33. The number of hydrogen-bond acceptors (Lipinski definition) is 3. The molecule has 0 saturated carbocycles. The van der Waals surface area contributed by atoms with E-state index in [1.54, 1.807) is 12.1 Å². The largest absolute Gasteiger partial charge is 0.508 e. The van der Waals surface area contributed by atoms with Crippen molar-refractivity contribution in [3.8, 4) is 23.8 Å². The summed E-state index contributed by atoms with van der Waals surface area (Å²) in [6.45, 7) is 1.69. The fourth-order valence-electron chi connectivity index (χ4n) is 1.87. The van der Waals surface area contributed by atoms with E-state index in [1.807, 2.05) is 36.4 Å². The van der Waals surface area contributed by atoms with E-state index in [0.717, 1.165) is 23.4 Å². The summed E-state index contributed by atoms with van der Waals surface area (Å²) in [6, 6.07) is 15.0. The van der Waals surface area contributed by atoms with Crippen LogP contribution in [0.2, 0.25) is 0 Å². The van der Waals surface area contributed by atoms with Crippen LogP contribution in [0.5, 0.6) is 11.5 Å². The number of nitrogens with one attached hydrogen (secondary N) is 1. The molecule has 3 nitrogen and oxygen atoms in total. The van der Waals surface area contributed by atoms with Crippen LogP contribution in [-0.2, 0) is 13.1 Å². The first-order valence-corrected chi connectivity index (χ1v) is 6.42. The average Bonchev–Trinajstić information content (AvgIpc) is 2.48. The Kier molecular flexibility index (Phi) is 5.05.